The Kier molecular flexibility index (Phi) is 6.53. The molecule has 1 aromatic rings. The highest BCUT2D eigenvalue weighted by molar-refractivity contribution is 7.90. The van der Waals surface area contributed by atoms with Gasteiger partial charge >= 0.3 is 0 Å². The van der Waals surface area contributed by atoms with Crippen molar-refractivity contribution >= 4 is 16.0 Å². The molecule has 0 bridgehead atoms. The smallest absolute Gasteiger partial charge is 0.222 e. The van der Waals surface area contributed by atoms with E-state index in [0.717, 1.165) is 25.7 Å². The van der Waals surface area contributed by atoms with E-state index in [1.165, 1.54) is 0 Å². The first-order valence-corrected chi connectivity index (χ1v) is 9.20. The summed E-state index contributed by atoms with van der Waals surface area (Å²) in [6, 6.07) is 1.73. The Morgan fingerprint density at radius 1 is 1.18 bits per heavy atom. The van der Waals surface area contributed by atoms with Crippen molar-refractivity contribution in [1.29, 1.82) is 0 Å². The fourth-order valence-electron chi connectivity index (χ4n) is 2.73. The number of hydrogen-bond acceptors (Lipinski definition) is 6. The van der Waals surface area contributed by atoms with Crippen LogP contribution >= 0.6 is 0 Å². The van der Waals surface area contributed by atoms with Gasteiger partial charge < -0.3 is 10.1 Å². The zero-order valence-corrected chi connectivity index (χ0v) is 13.7. The molecule has 0 unspecified atom stereocenters. The second kappa shape index (κ2) is 8.40. The first-order chi connectivity index (χ1) is 10.6. The molecule has 124 valence electrons. The normalized spacial score (nSPS) is 23.0. The molecule has 1 heterocycles. The number of nitrogens with one attached hydrogen (secondary N) is 2. The summed E-state index contributed by atoms with van der Waals surface area (Å²) in [4.78, 5) is 8.04. The van der Waals surface area contributed by atoms with Crippen LogP contribution in [0.4, 0.5) is 5.95 Å². The zero-order valence-electron chi connectivity index (χ0n) is 12.9. The minimum absolute atomic E-state index is 0.217. The molecule has 0 aliphatic heterocycles. The summed E-state index contributed by atoms with van der Waals surface area (Å²) in [6.07, 6.45) is 7.53. The first-order valence-electron chi connectivity index (χ1n) is 7.65. The van der Waals surface area contributed by atoms with Crippen LogP contribution in [0.1, 0.15) is 32.1 Å². The molecule has 2 rings (SSSR count). The number of ether oxygens (including phenoxy) is 1. The van der Waals surface area contributed by atoms with E-state index in [1.807, 2.05) is 0 Å². The second-order valence-corrected chi connectivity index (χ2v) is 7.37. The number of aromatic nitrogens is 2. The van der Waals surface area contributed by atoms with E-state index in [2.05, 4.69) is 20.0 Å². The summed E-state index contributed by atoms with van der Waals surface area (Å²) < 4.78 is 33.0. The lowest BCUT2D eigenvalue weighted by molar-refractivity contribution is 0.0921. The van der Waals surface area contributed by atoms with Crippen LogP contribution in [-0.2, 0) is 14.8 Å². The van der Waals surface area contributed by atoms with Gasteiger partial charge in [-0.15, -0.1) is 0 Å². The third-order valence-electron chi connectivity index (χ3n) is 3.87. The highest BCUT2D eigenvalue weighted by Gasteiger charge is 2.34. The average molecular weight is 328 g/mol. The fourth-order valence-corrected chi connectivity index (χ4v) is 4.45. The third-order valence-corrected chi connectivity index (χ3v) is 5.81. The van der Waals surface area contributed by atoms with Gasteiger partial charge in [-0.3, -0.25) is 0 Å². The third kappa shape index (κ3) is 4.89. The maximum atomic E-state index is 12.5. The number of rotatable bonds is 7. The molecule has 2 atom stereocenters. The molecule has 1 aromatic heterocycles. The molecule has 1 aliphatic carbocycles. The lowest BCUT2D eigenvalue weighted by Crippen LogP contribution is -2.43. The van der Waals surface area contributed by atoms with Crippen LogP contribution in [-0.4, -0.2) is 49.9 Å². The lowest BCUT2D eigenvalue weighted by atomic mass is 10.1. The van der Waals surface area contributed by atoms with Gasteiger partial charge in [-0.2, -0.15) is 0 Å². The predicted octanol–water partition coefficient (Wildman–Crippen LogP) is 1.16. The van der Waals surface area contributed by atoms with Gasteiger partial charge in [-0.05, 0) is 18.9 Å². The van der Waals surface area contributed by atoms with Gasteiger partial charge in [0.2, 0.25) is 16.0 Å². The van der Waals surface area contributed by atoms with E-state index in [0.29, 0.717) is 25.5 Å². The minimum atomic E-state index is -3.38. The summed E-state index contributed by atoms with van der Waals surface area (Å²) in [5.41, 5.74) is 0. The largest absolute Gasteiger partial charge is 0.380 e. The van der Waals surface area contributed by atoms with Crippen LogP contribution in [0.2, 0.25) is 0 Å². The molecule has 8 heteroatoms. The Morgan fingerprint density at radius 2 is 1.91 bits per heavy atom. The molecule has 0 amide bonds. The molecule has 1 aliphatic rings. The topological polar surface area (TPSA) is 93.2 Å². The summed E-state index contributed by atoms with van der Waals surface area (Å²) in [7, 11) is -1.79. The summed E-state index contributed by atoms with van der Waals surface area (Å²) in [6.45, 7) is 0.737. The summed E-state index contributed by atoms with van der Waals surface area (Å²) in [5.74, 6) is 0.492. The number of anilines is 1. The van der Waals surface area contributed by atoms with Crippen LogP contribution in [0.3, 0.4) is 0 Å². The molecule has 22 heavy (non-hydrogen) atoms. The summed E-state index contributed by atoms with van der Waals surface area (Å²) in [5, 5.41) is 2.51. The SMILES string of the molecule is CO[C@@H]1CCCCC[C@@H]1S(=O)(=O)NCCNc1ncccn1. The van der Waals surface area contributed by atoms with Gasteiger partial charge in [-0.25, -0.2) is 23.1 Å². The van der Waals surface area contributed by atoms with E-state index in [9.17, 15) is 8.42 Å². The van der Waals surface area contributed by atoms with Crippen molar-refractivity contribution in [2.24, 2.45) is 0 Å². The highest BCUT2D eigenvalue weighted by Crippen LogP contribution is 2.24. The standard InChI is InChI=1S/C14H24N4O3S/c1-21-12-6-3-2-4-7-13(12)22(19,20)18-11-10-17-14-15-8-5-9-16-14/h5,8-9,12-13,18H,2-4,6-7,10-11H2,1H3,(H,15,16,17)/t12-,13+/m1/s1. The Morgan fingerprint density at radius 3 is 2.64 bits per heavy atom. The number of nitrogens with zero attached hydrogens (tertiary/aromatic N) is 2. The summed E-state index contributed by atoms with van der Waals surface area (Å²) >= 11 is 0. The molecule has 2 N–H and O–H groups in total. The monoisotopic (exact) mass is 328 g/mol. The van der Waals surface area contributed by atoms with Crippen LogP contribution < -0.4 is 10.0 Å². The van der Waals surface area contributed by atoms with E-state index in [4.69, 9.17) is 4.74 Å². The van der Waals surface area contributed by atoms with Crippen molar-refractivity contribution < 1.29 is 13.2 Å². The van der Waals surface area contributed by atoms with Crippen LogP contribution in [0.25, 0.3) is 0 Å². The van der Waals surface area contributed by atoms with Crippen molar-refractivity contribution in [1.82, 2.24) is 14.7 Å². The van der Waals surface area contributed by atoms with E-state index in [-0.39, 0.29) is 6.10 Å². The van der Waals surface area contributed by atoms with Crippen LogP contribution in [0.15, 0.2) is 18.5 Å². The van der Waals surface area contributed by atoms with Gasteiger partial charge in [0.05, 0.1) is 6.10 Å². The Balaban J connectivity index is 1.84. The lowest BCUT2D eigenvalue weighted by Gasteiger charge is -2.24. The molecule has 7 nitrogen and oxygen atoms in total. The average Bonchev–Trinajstić information content (AvgIpc) is 2.78. The van der Waals surface area contributed by atoms with Crippen molar-refractivity contribution in [2.75, 3.05) is 25.5 Å². The fraction of sp³-hybridized carbons (Fsp3) is 0.714. The number of sulfonamides is 1. The zero-order chi connectivity index (χ0) is 15.8. The highest BCUT2D eigenvalue weighted by atomic mass is 32.2. The molecular formula is C14H24N4O3S. The van der Waals surface area contributed by atoms with Crippen LogP contribution in [0.5, 0.6) is 0 Å². The van der Waals surface area contributed by atoms with Gasteiger partial charge in [0, 0.05) is 32.6 Å². The minimum Gasteiger partial charge on any atom is -0.380 e. The second-order valence-electron chi connectivity index (χ2n) is 5.39. The Labute approximate surface area is 131 Å². The maximum absolute atomic E-state index is 12.5. The number of hydrogen-bond donors (Lipinski definition) is 2. The maximum Gasteiger partial charge on any atom is 0.222 e. The molecule has 0 spiro atoms. The van der Waals surface area contributed by atoms with E-state index in [1.54, 1.807) is 25.6 Å². The predicted molar refractivity (Wildman–Crippen MR) is 85.1 cm³/mol. The van der Waals surface area contributed by atoms with Crippen molar-refractivity contribution in [3.8, 4) is 0 Å². The van der Waals surface area contributed by atoms with E-state index < -0.39 is 15.3 Å². The van der Waals surface area contributed by atoms with Gasteiger partial charge in [0.25, 0.3) is 0 Å². The van der Waals surface area contributed by atoms with Crippen LogP contribution in [0, 0.1) is 0 Å². The molecular weight excluding hydrogens is 304 g/mol. The first kappa shape index (κ1) is 17.1. The van der Waals surface area contributed by atoms with E-state index >= 15 is 0 Å². The number of methoxy groups -OCH3 is 1. The Bertz CT molecular complexity index is 538. The molecule has 0 radical (unpaired) electrons. The molecule has 0 aromatic carbocycles. The van der Waals surface area contributed by atoms with Gasteiger partial charge in [-0.1, -0.05) is 19.3 Å². The van der Waals surface area contributed by atoms with Crippen molar-refractivity contribution in [3.05, 3.63) is 18.5 Å². The van der Waals surface area contributed by atoms with Crippen molar-refractivity contribution in [2.45, 2.75) is 43.5 Å². The molecule has 1 fully saturated rings. The Hall–Kier alpha value is -1.25. The van der Waals surface area contributed by atoms with Crippen molar-refractivity contribution in [3.63, 3.8) is 0 Å². The van der Waals surface area contributed by atoms with Gasteiger partial charge in [0.15, 0.2) is 0 Å². The van der Waals surface area contributed by atoms with Gasteiger partial charge in [0.1, 0.15) is 5.25 Å². The quantitative estimate of drug-likeness (QED) is 0.576. The molecule has 0 saturated heterocycles. The molecule has 1 saturated carbocycles.